The van der Waals surface area contributed by atoms with Crippen LogP contribution in [0.4, 0.5) is 0 Å². The van der Waals surface area contributed by atoms with E-state index in [0.717, 1.165) is 0 Å². The Morgan fingerprint density at radius 2 is 1.73 bits per heavy atom. The molecule has 0 unspecified atom stereocenters. The Bertz CT molecular complexity index is 627. The van der Waals surface area contributed by atoms with Crippen LogP contribution in [-0.2, 0) is 0 Å². The van der Waals surface area contributed by atoms with Crippen molar-refractivity contribution in [1.29, 1.82) is 0 Å². The fourth-order valence-corrected chi connectivity index (χ4v) is 2.27. The molecule has 0 saturated heterocycles. The fraction of sp³-hybridized carbons (Fsp3) is 0.333. The highest BCUT2D eigenvalue weighted by Gasteiger charge is 2.05. The molecular weight excluding hydrogens is 266 g/mol. The molecular formula is C21H29N. The molecule has 1 aromatic rings. The lowest BCUT2D eigenvalue weighted by Crippen LogP contribution is -2.14. The van der Waals surface area contributed by atoms with Gasteiger partial charge in [-0.1, -0.05) is 48.1 Å². The maximum Gasteiger partial charge on any atom is 0.0171 e. The highest BCUT2D eigenvalue weighted by molar-refractivity contribution is 5.56. The van der Waals surface area contributed by atoms with Crippen molar-refractivity contribution < 1.29 is 0 Å². The molecule has 1 rings (SSSR count). The normalized spacial score (nSPS) is 13.9. The van der Waals surface area contributed by atoms with Crippen molar-refractivity contribution in [3.8, 4) is 0 Å². The number of hydrogen-bond acceptors (Lipinski definition) is 1. The van der Waals surface area contributed by atoms with E-state index in [2.05, 4.69) is 89.1 Å². The standard InChI is InChI=1S/C21H29N/c1-8-9-10-11-17(3)20(6)22(7)19(5)15-21-13-12-16(2)14-18(21)4/h8-15H,1-7H3/b9-8-,11-10-,19-15+,20-17+. The molecule has 0 saturated carbocycles. The number of allylic oxidation sites excluding steroid dienone is 7. The van der Waals surface area contributed by atoms with Crippen LogP contribution in [0.3, 0.4) is 0 Å². The number of rotatable bonds is 5. The molecule has 0 N–H and O–H groups in total. The van der Waals surface area contributed by atoms with E-state index in [0.29, 0.717) is 0 Å². The molecule has 0 heterocycles. The lowest BCUT2D eigenvalue weighted by Gasteiger charge is -2.22. The van der Waals surface area contributed by atoms with Gasteiger partial charge in [-0.25, -0.2) is 0 Å². The molecule has 0 bridgehead atoms. The van der Waals surface area contributed by atoms with Crippen molar-refractivity contribution in [1.82, 2.24) is 4.90 Å². The minimum Gasteiger partial charge on any atom is -0.352 e. The SMILES string of the molecule is C\C=C/C=C\C(C)=C(/C)N(C)/C(C)=C/c1ccc(C)cc1C. The van der Waals surface area contributed by atoms with E-state index < -0.39 is 0 Å². The Morgan fingerprint density at radius 1 is 1.05 bits per heavy atom. The van der Waals surface area contributed by atoms with Gasteiger partial charge in [0.2, 0.25) is 0 Å². The molecule has 1 aromatic carbocycles. The first kappa shape index (κ1) is 18.0. The first-order valence-electron chi connectivity index (χ1n) is 7.83. The molecule has 0 fully saturated rings. The highest BCUT2D eigenvalue weighted by Crippen LogP contribution is 2.19. The largest absolute Gasteiger partial charge is 0.352 e. The maximum absolute atomic E-state index is 2.25. The van der Waals surface area contributed by atoms with Crippen molar-refractivity contribution in [2.24, 2.45) is 0 Å². The van der Waals surface area contributed by atoms with Crippen LogP contribution in [0.2, 0.25) is 0 Å². The lowest BCUT2D eigenvalue weighted by atomic mass is 10.0. The zero-order chi connectivity index (χ0) is 16.7. The minimum absolute atomic E-state index is 1.24. The molecule has 118 valence electrons. The number of nitrogens with zero attached hydrogens (tertiary/aromatic N) is 1. The van der Waals surface area contributed by atoms with E-state index in [1.54, 1.807) is 0 Å². The van der Waals surface area contributed by atoms with Crippen LogP contribution in [0, 0.1) is 13.8 Å². The third-order valence-electron chi connectivity index (χ3n) is 4.04. The summed E-state index contributed by atoms with van der Waals surface area (Å²) in [6, 6.07) is 6.59. The zero-order valence-electron chi connectivity index (χ0n) is 15.1. The van der Waals surface area contributed by atoms with Gasteiger partial charge in [0.25, 0.3) is 0 Å². The first-order valence-corrected chi connectivity index (χ1v) is 7.83. The van der Waals surface area contributed by atoms with Crippen molar-refractivity contribution in [3.05, 3.63) is 76.2 Å². The molecule has 1 nitrogen and oxygen atoms in total. The van der Waals surface area contributed by atoms with Crippen LogP contribution in [0.1, 0.15) is 44.4 Å². The Hall–Kier alpha value is -2.02. The van der Waals surface area contributed by atoms with E-state index in [-0.39, 0.29) is 0 Å². The van der Waals surface area contributed by atoms with Gasteiger partial charge in [0.15, 0.2) is 0 Å². The summed E-state index contributed by atoms with van der Waals surface area (Å²) < 4.78 is 0. The van der Waals surface area contributed by atoms with Gasteiger partial charge in [-0.3, -0.25) is 0 Å². The molecule has 0 aliphatic carbocycles. The summed E-state index contributed by atoms with van der Waals surface area (Å²) in [7, 11) is 2.12. The number of aryl methyl sites for hydroxylation is 2. The van der Waals surface area contributed by atoms with Gasteiger partial charge in [0, 0.05) is 18.4 Å². The van der Waals surface area contributed by atoms with E-state index in [4.69, 9.17) is 0 Å². The molecule has 22 heavy (non-hydrogen) atoms. The van der Waals surface area contributed by atoms with Crippen LogP contribution >= 0.6 is 0 Å². The van der Waals surface area contributed by atoms with Crippen LogP contribution in [0.15, 0.2) is 59.5 Å². The quantitative estimate of drug-likeness (QED) is 0.600. The van der Waals surface area contributed by atoms with Crippen molar-refractivity contribution in [2.75, 3.05) is 7.05 Å². The van der Waals surface area contributed by atoms with Gasteiger partial charge in [0.05, 0.1) is 0 Å². The summed E-state index contributed by atoms with van der Waals surface area (Å²) >= 11 is 0. The number of hydrogen-bond donors (Lipinski definition) is 0. The molecule has 0 aromatic heterocycles. The van der Waals surface area contributed by atoms with Gasteiger partial charge in [-0.15, -0.1) is 0 Å². The average molecular weight is 295 g/mol. The second kappa shape index (κ2) is 8.43. The second-order valence-electron chi connectivity index (χ2n) is 5.86. The number of benzene rings is 1. The molecule has 0 aliphatic heterocycles. The summed E-state index contributed by atoms with van der Waals surface area (Å²) in [5.74, 6) is 0. The summed E-state index contributed by atoms with van der Waals surface area (Å²) in [5, 5.41) is 0. The topological polar surface area (TPSA) is 3.24 Å². The minimum atomic E-state index is 1.24. The molecule has 0 aliphatic rings. The van der Waals surface area contributed by atoms with E-state index in [9.17, 15) is 0 Å². The predicted octanol–water partition coefficient (Wildman–Crippen LogP) is 6.02. The van der Waals surface area contributed by atoms with Gasteiger partial charge in [-0.2, -0.15) is 0 Å². The van der Waals surface area contributed by atoms with Gasteiger partial charge in [0.1, 0.15) is 0 Å². The van der Waals surface area contributed by atoms with Crippen molar-refractivity contribution in [2.45, 2.75) is 41.5 Å². The molecule has 0 spiro atoms. The third kappa shape index (κ3) is 5.07. The van der Waals surface area contributed by atoms with Gasteiger partial charge >= 0.3 is 0 Å². The van der Waals surface area contributed by atoms with E-state index in [1.807, 2.05) is 13.0 Å². The summed E-state index contributed by atoms with van der Waals surface area (Å²) in [5.41, 5.74) is 7.68. The predicted molar refractivity (Wildman–Crippen MR) is 99.7 cm³/mol. The fourth-order valence-electron chi connectivity index (χ4n) is 2.27. The van der Waals surface area contributed by atoms with Crippen molar-refractivity contribution >= 4 is 6.08 Å². The first-order chi connectivity index (χ1) is 10.4. The van der Waals surface area contributed by atoms with Crippen LogP contribution in [0.5, 0.6) is 0 Å². The Labute approximate surface area is 136 Å². The maximum atomic E-state index is 2.25. The smallest absolute Gasteiger partial charge is 0.0171 e. The lowest BCUT2D eigenvalue weighted by molar-refractivity contribution is 0.521. The summed E-state index contributed by atoms with van der Waals surface area (Å²) in [6.45, 7) is 12.8. The monoisotopic (exact) mass is 295 g/mol. The Balaban J connectivity index is 3.02. The Morgan fingerprint density at radius 3 is 2.32 bits per heavy atom. The van der Waals surface area contributed by atoms with Crippen LogP contribution in [0.25, 0.3) is 6.08 Å². The van der Waals surface area contributed by atoms with Crippen LogP contribution < -0.4 is 0 Å². The molecule has 0 radical (unpaired) electrons. The zero-order valence-corrected chi connectivity index (χ0v) is 15.1. The van der Waals surface area contributed by atoms with Gasteiger partial charge < -0.3 is 4.90 Å². The summed E-state index contributed by atoms with van der Waals surface area (Å²) in [6.07, 6.45) is 10.6. The van der Waals surface area contributed by atoms with Gasteiger partial charge in [-0.05, 0) is 64.3 Å². The summed E-state index contributed by atoms with van der Waals surface area (Å²) in [4.78, 5) is 2.24. The van der Waals surface area contributed by atoms with Crippen molar-refractivity contribution in [3.63, 3.8) is 0 Å². The Kier molecular flexibility index (Phi) is 6.91. The van der Waals surface area contributed by atoms with E-state index in [1.165, 1.54) is 33.7 Å². The highest BCUT2D eigenvalue weighted by atomic mass is 15.1. The molecule has 0 atom stereocenters. The molecule has 0 amide bonds. The van der Waals surface area contributed by atoms with Crippen LogP contribution in [-0.4, -0.2) is 11.9 Å². The second-order valence-corrected chi connectivity index (χ2v) is 5.86. The molecule has 1 heteroatoms. The third-order valence-corrected chi connectivity index (χ3v) is 4.04. The average Bonchev–Trinajstić information content (AvgIpc) is 2.48. The van der Waals surface area contributed by atoms with E-state index >= 15 is 0 Å².